The first-order valence-corrected chi connectivity index (χ1v) is 16.6. The highest BCUT2D eigenvalue weighted by atomic mass is 32.2. The zero-order valence-electron chi connectivity index (χ0n) is 27.3. The van der Waals surface area contributed by atoms with Gasteiger partial charge >= 0.3 is 0 Å². The van der Waals surface area contributed by atoms with Gasteiger partial charge in [0.05, 0.1) is 19.9 Å². The van der Waals surface area contributed by atoms with Crippen molar-refractivity contribution in [2.24, 2.45) is 0 Å². The van der Waals surface area contributed by atoms with Crippen LogP contribution in [-0.4, -0.2) is 36.9 Å². The largest absolute Gasteiger partial charge is 0.497 e. The van der Waals surface area contributed by atoms with Crippen LogP contribution in [0.3, 0.4) is 0 Å². The Hall–Kier alpha value is -6.26. The van der Waals surface area contributed by atoms with Gasteiger partial charge in [0.25, 0.3) is 11.8 Å². The van der Waals surface area contributed by atoms with Gasteiger partial charge in [-0.2, -0.15) is 0 Å². The van der Waals surface area contributed by atoms with Crippen molar-refractivity contribution in [1.29, 1.82) is 0 Å². The molecule has 1 atom stereocenters. The van der Waals surface area contributed by atoms with Crippen LogP contribution >= 0.6 is 11.8 Å². The second-order valence-corrected chi connectivity index (χ2v) is 12.3. The van der Waals surface area contributed by atoms with Crippen LogP contribution in [0, 0.1) is 0 Å². The number of fused-ring (bicyclic) bond motifs is 1. The molecule has 4 N–H and O–H groups in total. The zero-order valence-corrected chi connectivity index (χ0v) is 28.1. The van der Waals surface area contributed by atoms with Gasteiger partial charge in [-0.15, -0.1) is 11.8 Å². The molecule has 0 aliphatic heterocycles. The Balaban J connectivity index is 1.22. The molecule has 250 valence electrons. The predicted molar refractivity (Wildman–Crippen MR) is 198 cm³/mol. The Labute approximate surface area is 293 Å². The van der Waals surface area contributed by atoms with Gasteiger partial charge in [-0.3, -0.25) is 14.4 Å². The smallest absolute Gasteiger partial charge is 0.272 e. The molecule has 6 rings (SSSR count). The minimum atomic E-state index is -0.605. The number of amides is 3. The number of anilines is 2. The van der Waals surface area contributed by atoms with E-state index < -0.39 is 17.1 Å². The van der Waals surface area contributed by atoms with E-state index in [1.54, 1.807) is 81.1 Å². The molecular weight excluding hydrogens is 649 g/mol. The minimum Gasteiger partial charge on any atom is -0.497 e. The summed E-state index contributed by atoms with van der Waals surface area (Å²) < 4.78 is 10.8. The molecule has 10 heteroatoms. The second-order valence-electron chi connectivity index (χ2n) is 11.1. The van der Waals surface area contributed by atoms with Crippen LogP contribution in [-0.2, 0) is 9.59 Å². The Morgan fingerprint density at radius 3 is 2.18 bits per heavy atom. The lowest BCUT2D eigenvalue weighted by Gasteiger charge is -2.19. The summed E-state index contributed by atoms with van der Waals surface area (Å²) in [5.41, 5.74) is 3.99. The van der Waals surface area contributed by atoms with Crippen LogP contribution in [0.15, 0.2) is 144 Å². The molecule has 6 aromatic rings. The van der Waals surface area contributed by atoms with Crippen molar-refractivity contribution in [2.75, 3.05) is 24.9 Å². The predicted octanol–water partition coefficient (Wildman–Crippen LogP) is 8.07. The summed E-state index contributed by atoms with van der Waals surface area (Å²) in [4.78, 5) is 44.5. The Kier molecular flexibility index (Phi) is 10.6. The van der Waals surface area contributed by atoms with E-state index in [1.807, 2.05) is 72.8 Å². The van der Waals surface area contributed by atoms with Gasteiger partial charge in [0.1, 0.15) is 22.4 Å². The number of aromatic amines is 1. The van der Waals surface area contributed by atoms with Gasteiger partial charge in [-0.1, -0.05) is 66.7 Å². The molecule has 0 saturated heterocycles. The van der Waals surface area contributed by atoms with Gasteiger partial charge in [0.15, 0.2) is 0 Å². The number of H-pyrrole nitrogens is 1. The number of nitrogens with one attached hydrogen (secondary N) is 4. The lowest BCUT2D eigenvalue weighted by Crippen LogP contribution is -2.30. The Morgan fingerprint density at radius 2 is 1.46 bits per heavy atom. The van der Waals surface area contributed by atoms with Crippen LogP contribution in [0.2, 0.25) is 0 Å². The van der Waals surface area contributed by atoms with E-state index in [0.29, 0.717) is 28.4 Å². The molecule has 9 nitrogen and oxygen atoms in total. The first kappa shape index (κ1) is 33.6. The molecule has 0 spiro atoms. The molecule has 0 unspecified atom stereocenters. The maximum atomic E-state index is 13.7. The van der Waals surface area contributed by atoms with Crippen molar-refractivity contribution in [2.45, 2.75) is 10.1 Å². The highest BCUT2D eigenvalue weighted by molar-refractivity contribution is 8.00. The lowest BCUT2D eigenvalue weighted by molar-refractivity contribution is -0.116. The second kappa shape index (κ2) is 15.8. The fourth-order valence-electron chi connectivity index (χ4n) is 5.27. The van der Waals surface area contributed by atoms with E-state index in [0.717, 1.165) is 26.9 Å². The average Bonchev–Trinajstić information content (AvgIpc) is 3.57. The molecule has 50 heavy (non-hydrogen) atoms. The first-order valence-electron chi connectivity index (χ1n) is 15.7. The number of thioether (sulfide) groups is 1. The first-order chi connectivity index (χ1) is 24.4. The molecule has 0 saturated carbocycles. The van der Waals surface area contributed by atoms with Crippen LogP contribution in [0.1, 0.15) is 26.7 Å². The standard InChI is InChI=1S/C40H34N4O5S/c1-48-30-19-22-36(49-2)34(24-30)43-40(47)37(26-11-5-3-6-12-26)50-31-20-17-29(18-21-31)42-39(46)35(44-38(45)27-13-7-4-8-14-27)23-28-25-41-33-16-10-9-15-32(28)33/h3-25,37,41H,1-2H3,(H,42,46)(H,43,47)(H,44,45)/b35-23+/t37-/m1/s1. The zero-order chi connectivity index (χ0) is 34.9. The monoisotopic (exact) mass is 682 g/mol. The molecule has 5 aromatic carbocycles. The third-order valence-electron chi connectivity index (χ3n) is 7.82. The number of benzene rings is 5. The van der Waals surface area contributed by atoms with Crippen molar-refractivity contribution in [1.82, 2.24) is 10.3 Å². The minimum absolute atomic E-state index is 0.0795. The normalized spacial score (nSPS) is 11.8. The lowest BCUT2D eigenvalue weighted by atomic mass is 10.1. The van der Waals surface area contributed by atoms with E-state index in [4.69, 9.17) is 9.47 Å². The van der Waals surface area contributed by atoms with Gasteiger partial charge in [-0.25, -0.2) is 0 Å². The SMILES string of the molecule is COc1ccc(OC)c(NC(=O)[C@H](Sc2ccc(NC(=O)/C(=C\c3c[nH]c4ccccc34)NC(=O)c3ccccc3)cc2)c2ccccc2)c1. The van der Waals surface area contributed by atoms with Gasteiger partial charge in [0.2, 0.25) is 5.91 Å². The number of hydrogen-bond donors (Lipinski definition) is 4. The number of hydrogen-bond acceptors (Lipinski definition) is 6. The number of rotatable bonds is 12. The fourth-order valence-corrected chi connectivity index (χ4v) is 6.30. The molecule has 0 fully saturated rings. The maximum Gasteiger partial charge on any atom is 0.272 e. The molecule has 1 heterocycles. The summed E-state index contributed by atoms with van der Waals surface area (Å²) in [5, 5.41) is 9.00. The highest BCUT2D eigenvalue weighted by Crippen LogP contribution is 2.38. The third kappa shape index (κ3) is 8.05. The molecule has 3 amide bonds. The summed E-state index contributed by atoms with van der Waals surface area (Å²) >= 11 is 1.37. The highest BCUT2D eigenvalue weighted by Gasteiger charge is 2.24. The summed E-state index contributed by atoms with van der Waals surface area (Å²) in [5.74, 6) is -0.0497. The van der Waals surface area contributed by atoms with Crippen LogP contribution in [0.25, 0.3) is 17.0 Å². The van der Waals surface area contributed by atoms with Crippen molar-refractivity contribution < 1.29 is 23.9 Å². The van der Waals surface area contributed by atoms with E-state index in [-0.39, 0.29) is 11.6 Å². The Bertz CT molecular complexity index is 2150. The number of ether oxygens (including phenoxy) is 2. The van der Waals surface area contributed by atoms with Crippen LogP contribution in [0.5, 0.6) is 11.5 Å². The van der Waals surface area contributed by atoms with E-state index >= 15 is 0 Å². The van der Waals surface area contributed by atoms with Crippen molar-refractivity contribution in [3.05, 3.63) is 156 Å². The molecule has 0 radical (unpaired) electrons. The maximum absolute atomic E-state index is 13.7. The molecule has 0 aliphatic carbocycles. The summed E-state index contributed by atoms with van der Waals surface area (Å²) in [6.45, 7) is 0. The van der Waals surface area contributed by atoms with Crippen molar-refractivity contribution >= 4 is 57.8 Å². The van der Waals surface area contributed by atoms with Gasteiger partial charge in [-0.05, 0) is 66.2 Å². The van der Waals surface area contributed by atoms with Crippen LogP contribution in [0.4, 0.5) is 11.4 Å². The van der Waals surface area contributed by atoms with Gasteiger partial charge < -0.3 is 30.4 Å². The topological polar surface area (TPSA) is 122 Å². The average molecular weight is 683 g/mol. The summed E-state index contributed by atoms with van der Waals surface area (Å²) in [7, 11) is 3.10. The number of methoxy groups -OCH3 is 2. The van der Waals surface area contributed by atoms with Crippen LogP contribution < -0.4 is 25.4 Å². The quantitative estimate of drug-likeness (QED) is 0.0766. The van der Waals surface area contributed by atoms with Crippen molar-refractivity contribution in [3.8, 4) is 11.5 Å². The van der Waals surface area contributed by atoms with E-state index in [2.05, 4.69) is 20.9 Å². The molecule has 1 aromatic heterocycles. The fraction of sp³-hybridized carbons (Fsp3) is 0.0750. The number of para-hydroxylation sites is 1. The molecule has 0 bridgehead atoms. The van der Waals surface area contributed by atoms with Crippen molar-refractivity contribution in [3.63, 3.8) is 0 Å². The number of carbonyl (C=O) groups excluding carboxylic acids is 3. The van der Waals surface area contributed by atoms with Gasteiger partial charge in [0, 0.05) is 44.9 Å². The molecular formula is C40H34N4O5S. The van der Waals surface area contributed by atoms with E-state index in [1.165, 1.54) is 11.8 Å². The summed E-state index contributed by atoms with van der Waals surface area (Å²) in [6, 6.07) is 38.3. The number of carbonyl (C=O) groups is 3. The molecule has 0 aliphatic rings. The third-order valence-corrected chi connectivity index (χ3v) is 9.09. The number of aromatic nitrogens is 1. The summed E-state index contributed by atoms with van der Waals surface area (Å²) in [6.07, 6.45) is 3.45. The van der Waals surface area contributed by atoms with E-state index in [9.17, 15) is 14.4 Å². The Morgan fingerprint density at radius 1 is 0.760 bits per heavy atom.